The number of esters is 1. The maximum atomic E-state index is 13.4. The van der Waals surface area contributed by atoms with E-state index in [-0.39, 0.29) is 27.9 Å². The summed E-state index contributed by atoms with van der Waals surface area (Å²) in [4.78, 5) is 45.3. The normalized spacial score (nSPS) is 16.2. The fraction of sp³-hybridized carbons (Fsp3) is 0.267. The molecule has 2 aromatic carbocycles. The maximum absolute atomic E-state index is 13.4. The first kappa shape index (κ1) is 28.6. The van der Waals surface area contributed by atoms with Crippen LogP contribution in [0.15, 0.2) is 66.8 Å². The molecule has 1 aliphatic rings. The van der Waals surface area contributed by atoms with Crippen LogP contribution in [0, 0.1) is 6.92 Å². The maximum Gasteiger partial charge on any atom is 0.350 e. The zero-order valence-electron chi connectivity index (χ0n) is 22.5. The molecule has 9 nitrogen and oxygen atoms in total. The van der Waals surface area contributed by atoms with Gasteiger partial charge in [0.25, 0.3) is 5.78 Å². The van der Waals surface area contributed by atoms with Crippen molar-refractivity contribution in [3.8, 4) is 11.5 Å². The van der Waals surface area contributed by atoms with Gasteiger partial charge in [0.2, 0.25) is 0 Å². The molecule has 2 heterocycles. The van der Waals surface area contributed by atoms with Crippen molar-refractivity contribution in [2.75, 3.05) is 25.2 Å². The third-order valence-corrected chi connectivity index (χ3v) is 7.42. The lowest BCUT2D eigenvalue weighted by Crippen LogP contribution is -2.29. The predicted molar refractivity (Wildman–Crippen MR) is 152 cm³/mol. The van der Waals surface area contributed by atoms with Gasteiger partial charge in [-0.05, 0) is 55.3 Å². The number of aliphatic hydroxyl groups excluding tert-OH is 1. The van der Waals surface area contributed by atoms with Gasteiger partial charge in [0.15, 0.2) is 5.13 Å². The molecule has 0 spiro atoms. The minimum absolute atomic E-state index is 0.0182. The van der Waals surface area contributed by atoms with Crippen LogP contribution in [-0.2, 0) is 14.3 Å². The number of ketones is 1. The molecule has 1 amide bonds. The summed E-state index contributed by atoms with van der Waals surface area (Å²) in [6.07, 6.45) is 3.36. The van der Waals surface area contributed by atoms with E-state index in [1.165, 1.54) is 18.1 Å². The predicted octanol–water partition coefficient (Wildman–Crippen LogP) is 5.61. The highest BCUT2D eigenvalue weighted by Gasteiger charge is 2.48. The number of hydrogen-bond donors (Lipinski definition) is 1. The Balaban J connectivity index is 1.80. The van der Waals surface area contributed by atoms with Crippen molar-refractivity contribution in [3.63, 3.8) is 0 Å². The minimum atomic E-state index is -1.01. The molecule has 1 aliphatic heterocycles. The van der Waals surface area contributed by atoms with Crippen LogP contribution in [0.2, 0.25) is 0 Å². The Hall–Kier alpha value is -4.44. The van der Waals surface area contributed by atoms with Gasteiger partial charge in [-0.15, -0.1) is 0 Å². The fourth-order valence-corrected chi connectivity index (χ4v) is 5.19. The van der Waals surface area contributed by atoms with E-state index in [9.17, 15) is 19.5 Å². The number of carbonyl (C=O) groups is 3. The molecule has 1 aromatic heterocycles. The molecule has 3 aromatic rings. The zero-order valence-corrected chi connectivity index (χ0v) is 23.3. The lowest BCUT2D eigenvalue weighted by atomic mass is 9.95. The smallest absolute Gasteiger partial charge is 0.350 e. The van der Waals surface area contributed by atoms with E-state index in [1.807, 2.05) is 0 Å². The highest BCUT2D eigenvalue weighted by Crippen LogP contribution is 2.44. The highest BCUT2D eigenvalue weighted by molar-refractivity contribution is 7.17. The lowest BCUT2D eigenvalue weighted by molar-refractivity contribution is -0.132. The summed E-state index contributed by atoms with van der Waals surface area (Å²) < 4.78 is 16.1. The first-order valence-electron chi connectivity index (χ1n) is 12.7. The monoisotopic (exact) mass is 562 g/mol. The largest absolute Gasteiger partial charge is 0.507 e. The summed E-state index contributed by atoms with van der Waals surface area (Å²) in [5.41, 5.74) is 1.15. The number of thiazole rings is 1. The lowest BCUT2D eigenvalue weighted by Gasteiger charge is -2.23. The van der Waals surface area contributed by atoms with Gasteiger partial charge < -0.3 is 19.3 Å². The van der Waals surface area contributed by atoms with Crippen LogP contribution < -0.4 is 14.4 Å². The van der Waals surface area contributed by atoms with Crippen molar-refractivity contribution in [3.05, 3.63) is 88.5 Å². The first-order chi connectivity index (χ1) is 19.3. The Morgan fingerprint density at radius 3 is 2.42 bits per heavy atom. The standard InChI is InChI=1S/C30H30N2O7S/c1-5-7-17-38-22-14-10-20(11-15-22)25(33)23-24(19-8-12-21(37-4)13-9-19)32(28(35)26(23)34)30-31-18(3)27(40-30)29(36)39-16-6-2/h6,8-15,24,33H,2,5,7,16-17H2,1,3-4H3/b25-23-. The average Bonchev–Trinajstić information content (AvgIpc) is 3.48. The minimum Gasteiger partial charge on any atom is -0.507 e. The number of benzene rings is 2. The van der Waals surface area contributed by atoms with Crippen LogP contribution in [0.1, 0.15) is 52.3 Å². The van der Waals surface area contributed by atoms with Crippen LogP contribution >= 0.6 is 11.3 Å². The first-order valence-corrected chi connectivity index (χ1v) is 13.6. The molecule has 1 fully saturated rings. The quantitative estimate of drug-likeness (QED) is 0.0801. The fourth-order valence-electron chi connectivity index (χ4n) is 4.21. The summed E-state index contributed by atoms with van der Waals surface area (Å²) in [6.45, 7) is 7.82. The summed E-state index contributed by atoms with van der Waals surface area (Å²) in [5, 5.41) is 11.5. The van der Waals surface area contributed by atoms with E-state index >= 15 is 0 Å². The number of unbranched alkanes of at least 4 members (excludes halogenated alkanes) is 1. The van der Waals surface area contributed by atoms with Crippen molar-refractivity contribution in [1.29, 1.82) is 0 Å². The molecule has 0 saturated carbocycles. The van der Waals surface area contributed by atoms with Crippen molar-refractivity contribution >= 4 is 39.9 Å². The molecular weight excluding hydrogens is 532 g/mol. The number of nitrogens with zero attached hydrogens (tertiary/aromatic N) is 2. The van der Waals surface area contributed by atoms with Crippen LogP contribution in [0.5, 0.6) is 11.5 Å². The molecule has 4 rings (SSSR count). The van der Waals surface area contributed by atoms with Crippen molar-refractivity contribution < 1.29 is 33.7 Å². The number of anilines is 1. The van der Waals surface area contributed by atoms with E-state index < -0.39 is 23.7 Å². The molecule has 40 heavy (non-hydrogen) atoms. The molecule has 1 atom stereocenters. The number of Topliss-reactive ketones (excluding diaryl/α,β-unsaturated/α-hetero) is 1. The van der Waals surface area contributed by atoms with E-state index in [0.29, 0.717) is 34.9 Å². The summed E-state index contributed by atoms with van der Waals surface area (Å²) in [6, 6.07) is 12.5. The Kier molecular flexibility index (Phi) is 9.00. The number of aryl methyl sites for hydroxylation is 1. The van der Waals surface area contributed by atoms with E-state index in [0.717, 1.165) is 24.2 Å². The van der Waals surface area contributed by atoms with Gasteiger partial charge in [-0.3, -0.25) is 14.5 Å². The topological polar surface area (TPSA) is 115 Å². The van der Waals surface area contributed by atoms with Crippen LogP contribution in [0.25, 0.3) is 5.76 Å². The number of aliphatic hydroxyl groups is 1. The number of rotatable bonds is 11. The van der Waals surface area contributed by atoms with E-state index in [1.54, 1.807) is 55.5 Å². The van der Waals surface area contributed by atoms with Crippen LogP contribution in [-0.4, -0.2) is 48.1 Å². The Bertz CT molecular complexity index is 1440. The Morgan fingerprint density at radius 2 is 1.80 bits per heavy atom. The van der Waals surface area contributed by atoms with Crippen molar-refractivity contribution in [2.24, 2.45) is 0 Å². The molecule has 0 radical (unpaired) electrons. The molecule has 1 N–H and O–H groups in total. The van der Waals surface area contributed by atoms with Gasteiger partial charge in [-0.25, -0.2) is 9.78 Å². The molecule has 0 bridgehead atoms. The van der Waals surface area contributed by atoms with E-state index in [4.69, 9.17) is 14.2 Å². The van der Waals surface area contributed by atoms with Crippen molar-refractivity contribution in [2.45, 2.75) is 32.7 Å². The second kappa shape index (κ2) is 12.6. The number of methoxy groups -OCH3 is 1. The van der Waals surface area contributed by atoms with Crippen LogP contribution in [0.4, 0.5) is 5.13 Å². The number of carbonyl (C=O) groups excluding carboxylic acids is 3. The molecule has 0 aliphatic carbocycles. The van der Waals surface area contributed by atoms with E-state index in [2.05, 4.69) is 18.5 Å². The molecule has 208 valence electrons. The second-order valence-electron chi connectivity index (χ2n) is 8.97. The summed E-state index contributed by atoms with van der Waals surface area (Å²) in [5.74, 6) is -1.48. The molecule has 1 unspecified atom stereocenters. The average molecular weight is 563 g/mol. The second-order valence-corrected chi connectivity index (χ2v) is 9.94. The Labute approximate surface area is 236 Å². The summed E-state index contributed by atoms with van der Waals surface area (Å²) >= 11 is 0.936. The number of amides is 1. The third-order valence-electron chi connectivity index (χ3n) is 6.28. The highest BCUT2D eigenvalue weighted by atomic mass is 32.1. The zero-order chi connectivity index (χ0) is 28.8. The van der Waals surface area contributed by atoms with Gasteiger partial charge in [0, 0.05) is 5.56 Å². The SMILES string of the molecule is C=CCOC(=O)c1sc(N2C(=O)C(=O)/C(=C(\O)c3ccc(OCCCC)cc3)C2c2ccc(OC)cc2)nc1C. The molecule has 1 saturated heterocycles. The number of aromatic nitrogens is 1. The third kappa shape index (κ3) is 5.76. The van der Waals surface area contributed by atoms with Gasteiger partial charge in [-0.2, -0.15) is 0 Å². The number of hydrogen-bond acceptors (Lipinski definition) is 9. The van der Waals surface area contributed by atoms with Gasteiger partial charge in [-0.1, -0.05) is 49.5 Å². The van der Waals surface area contributed by atoms with Crippen LogP contribution in [0.3, 0.4) is 0 Å². The van der Waals surface area contributed by atoms with Gasteiger partial charge in [0.1, 0.15) is 28.7 Å². The Morgan fingerprint density at radius 1 is 1.12 bits per heavy atom. The van der Waals surface area contributed by atoms with Crippen molar-refractivity contribution in [1.82, 2.24) is 4.98 Å². The molecular formula is C30H30N2O7S. The summed E-state index contributed by atoms with van der Waals surface area (Å²) in [7, 11) is 1.53. The molecule has 10 heteroatoms. The van der Waals surface area contributed by atoms with Gasteiger partial charge >= 0.3 is 11.9 Å². The number of ether oxygens (including phenoxy) is 3. The van der Waals surface area contributed by atoms with Gasteiger partial charge in [0.05, 0.1) is 31.0 Å².